The summed E-state index contributed by atoms with van der Waals surface area (Å²) >= 11 is 5.33. The van der Waals surface area contributed by atoms with Crippen molar-refractivity contribution in [2.24, 2.45) is 4.40 Å². The Morgan fingerprint density at radius 3 is 2.11 bits per heavy atom. The van der Waals surface area contributed by atoms with Crippen molar-refractivity contribution in [3.05, 3.63) is 39.9 Å². The van der Waals surface area contributed by atoms with Crippen molar-refractivity contribution in [1.29, 1.82) is 0 Å². The first-order valence-corrected chi connectivity index (χ1v) is 6.18. The van der Waals surface area contributed by atoms with Gasteiger partial charge in [-0.2, -0.15) is 21.6 Å². The molecular formula is C8H4ClF3N2O4S. The highest BCUT2D eigenvalue weighted by Crippen LogP contribution is 2.26. The Kier molecular flexibility index (Phi) is 4.15. The molecule has 1 aromatic rings. The maximum atomic E-state index is 12.0. The third-order valence-corrected chi connectivity index (χ3v) is 3.22. The van der Waals surface area contributed by atoms with Crippen LogP contribution in [0.5, 0.6) is 0 Å². The summed E-state index contributed by atoms with van der Waals surface area (Å²) in [6.07, 6.45) is 0. The highest BCUT2D eigenvalue weighted by molar-refractivity contribution is 7.91. The molecule has 0 saturated heterocycles. The zero-order valence-corrected chi connectivity index (χ0v) is 10.3. The highest BCUT2D eigenvalue weighted by Gasteiger charge is 2.46. The third kappa shape index (κ3) is 3.64. The molecule has 0 fully saturated rings. The molecule has 0 aliphatic rings. The number of hydrogen-bond acceptors (Lipinski definition) is 4. The number of nitro groups is 1. The van der Waals surface area contributed by atoms with Gasteiger partial charge in [-0.05, 0) is 12.1 Å². The zero-order valence-electron chi connectivity index (χ0n) is 8.76. The average molecular weight is 317 g/mol. The molecule has 0 spiro atoms. The number of non-ortho nitro benzene ring substituents is 1. The van der Waals surface area contributed by atoms with Gasteiger partial charge in [0.15, 0.2) is 0 Å². The van der Waals surface area contributed by atoms with E-state index in [1.165, 1.54) is 0 Å². The molecule has 0 N–H and O–H groups in total. The Morgan fingerprint density at radius 2 is 1.74 bits per heavy atom. The Labute approximate surface area is 109 Å². The normalized spacial score (nSPS) is 13.4. The van der Waals surface area contributed by atoms with Crippen LogP contribution in [0.15, 0.2) is 28.7 Å². The minimum atomic E-state index is -5.75. The fraction of sp³-hybridized carbons (Fsp3) is 0.125. The monoisotopic (exact) mass is 316 g/mol. The molecule has 0 atom stereocenters. The Bertz CT molecular complexity index is 624. The summed E-state index contributed by atoms with van der Waals surface area (Å²) in [6, 6.07) is 3.87. The third-order valence-electron chi connectivity index (χ3n) is 1.81. The van der Waals surface area contributed by atoms with Crippen LogP contribution in [0.1, 0.15) is 5.56 Å². The second kappa shape index (κ2) is 5.13. The smallest absolute Gasteiger partial charge is 0.258 e. The fourth-order valence-corrected chi connectivity index (χ4v) is 1.75. The fourth-order valence-electron chi connectivity index (χ4n) is 0.931. The van der Waals surface area contributed by atoms with Gasteiger partial charge >= 0.3 is 15.5 Å². The Balaban J connectivity index is 3.14. The van der Waals surface area contributed by atoms with Crippen molar-refractivity contribution in [2.45, 2.75) is 5.51 Å². The minimum Gasteiger partial charge on any atom is -0.258 e. The van der Waals surface area contributed by atoms with E-state index in [1.54, 1.807) is 0 Å². The van der Waals surface area contributed by atoms with E-state index in [-0.39, 0.29) is 11.3 Å². The summed E-state index contributed by atoms with van der Waals surface area (Å²) in [4.78, 5) is 9.61. The first-order valence-electron chi connectivity index (χ1n) is 4.36. The van der Waals surface area contributed by atoms with Gasteiger partial charge in [-0.3, -0.25) is 10.1 Å². The molecular weight excluding hydrogens is 313 g/mol. The molecule has 0 amide bonds. The molecule has 1 rings (SSSR count). The van der Waals surface area contributed by atoms with Crippen LogP contribution < -0.4 is 0 Å². The first kappa shape index (κ1) is 15.4. The Hall–Kier alpha value is -1.68. The minimum absolute atomic E-state index is 0.194. The van der Waals surface area contributed by atoms with Crippen molar-refractivity contribution in [3.8, 4) is 0 Å². The number of benzene rings is 1. The van der Waals surface area contributed by atoms with Crippen LogP contribution >= 0.6 is 11.6 Å². The first-order chi connectivity index (χ1) is 8.54. The van der Waals surface area contributed by atoms with Gasteiger partial charge in [0.1, 0.15) is 5.17 Å². The van der Waals surface area contributed by atoms with Gasteiger partial charge in [0.2, 0.25) is 0 Å². The second-order valence-electron chi connectivity index (χ2n) is 3.11. The van der Waals surface area contributed by atoms with Gasteiger partial charge in [-0.15, -0.1) is 4.40 Å². The largest absolute Gasteiger partial charge is 0.518 e. The van der Waals surface area contributed by atoms with E-state index < -0.39 is 25.6 Å². The van der Waals surface area contributed by atoms with E-state index in [9.17, 15) is 31.7 Å². The van der Waals surface area contributed by atoms with E-state index >= 15 is 0 Å². The predicted molar refractivity (Wildman–Crippen MR) is 60.5 cm³/mol. The van der Waals surface area contributed by atoms with E-state index in [0.29, 0.717) is 0 Å². The van der Waals surface area contributed by atoms with Gasteiger partial charge in [0, 0.05) is 17.7 Å². The molecule has 1 aromatic carbocycles. The topological polar surface area (TPSA) is 89.6 Å². The zero-order chi connectivity index (χ0) is 14.8. The number of rotatable bonds is 3. The second-order valence-corrected chi connectivity index (χ2v) is 5.06. The molecule has 0 aromatic heterocycles. The van der Waals surface area contributed by atoms with Crippen molar-refractivity contribution in [2.75, 3.05) is 0 Å². The summed E-state index contributed by atoms with van der Waals surface area (Å²) in [6.45, 7) is 0. The molecule has 0 radical (unpaired) electrons. The molecule has 6 nitrogen and oxygen atoms in total. The number of alkyl halides is 3. The molecule has 0 saturated carbocycles. The lowest BCUT2D eigenvalue weighted by molar-refractivity contribution is -0.384. The van der Waals surface area contributed by atoms with Crippen LogP contribution in [-0.2, 0) is 10.0 Å². The van der Waals surface area contributed by atoms with Crippen molar-refractivity contribution >= 4 is 32.5 Å². The Morgan fingerprint density at radius 1 is 1.26 bits per heavy atom. The van der Waals surface area contributed by atoms with Gasteiger partial charge in [0.05, 0.1) is 4.92 Å². The van der Waals surface area contributed by atoms with Gasteiger partial charge in [0.25, 0.3) is 5.69 Å². The van der Waals surface area contributed by atoms with Gasteiger partial charge < -0.3 is 0 Å². The van der Waals surface area contributed by atoms with Crippen molar-refractivity contribution in [1.82, 2.24) is 0 Å². The van der Waals surface area contributed by atoms with Crippen LogP contribution in [0.4, 0.5) is 18.9 Å². The van der Waals surface area contributed by atoms with Crippen molar-refractivity contribution < 1.29 is 26.5 Å². The number of nitro benzene ring substituents is 1. The molecule has 0 aliphatic heterocycles. The van der Waals surface area contributed by atoms with Crippen molar-refractivity contribution in [3.63, 3.8) is 0 Å². The van der Waals surface area contributed by atoms with E-state index in [4.69, 9.17) is 11.6 Å². The van der Waals surface area contributed by atoms with Crippen LogP contribution in [0.3, 0.4) is 0 Å². The van der Waals surface area contributed by atoms with Crippen LogP contribution in [0, 0.1) is 10.1 Å². The highest BCUT2D eigenvalue weighted by atomic mass is 35.5. The molecule has 19 heavy (non-hydrogen) atoms. The molecule has 104 valence electrons. The SMILES string of the molecule is O=[N+]([O-])c1ccc(/C(Cl)=N/S(=O)(=O)C(F)(F)F)cc1. The lowest BCUT2D eigenvalue weighted by Crippen LogP contribution is -2.21. The number of sulfonamides is 1. The quantitative estimate of drug-likeness (QED) is 0.486. The van der Waals surface area contributed by atoms with Crippen LogP contribution in [0.25, 0.3) is 0 Å². The summed E-state index contributed by atoms with van der Waals surface area (Å²) < 4.78 is 59.9. The maximum absolute atomic E-state index is 12.0. The molecule has 0 bridgehead atoms. The lowest BCUT2D eigenvalue weighted by Gasteiger charge is -2.03. The maximum Gasteiger partial charge on any atom is 0.518 e. The predicted octanol–water partition coefficient (Wildman–Crippen LogP) is 2.43. The summed E-state index contributed by atoms with van der Waals surface area (Å²) in [5.74, 6) is 0. The number of nitrogens with zero attached hydrogens (tertiary/aromatic N) is 2. The van der Waals surface area contributed by atoms with E-state index in [1.807, 2.05) is 0 Å². The molecule has 0 heterocycles. The molecule has 11 heteroatoms. The molecule has 0 aliphatic carbocycles. The summed E-state index contributed by atoms with van der Waals surface area (Å²) in [5.41, 5.74) is -6.08. The standard InChI is InChI=1S/C8H4ClF3N2O4S/c9-7(13-19(17,18)8(10,11)12)5-1-3-6(4-2-5)14(15)16/h1-4H/b13-7-. The van der Waals surface area contributed by atoms with E-state index in [2.05, 4.69) is 4.40 Å². The number of halogens is 4. The lowest BCUT2D eigenvalue weighted by atomic mass is 10.2. The van der Waals surface area contributed by atoms with Gasteiger partial charge in [-0.25, -0.2) is 0 Å². The van der Waals surface area contributed by atoms with Gasteiger partial charge in [-0.1, -0.05) is 11.6 Å². The summed E-state index contributed by atoms with van der Waals surface area (Å²) in [5, 5.41) is 9.40. The van der Waals surface area contributed by atoms with Crippen LogP contribution in [-0.4, -0.2) is 24.0 Å². The average Bonchev–Trinajstić information content (AvgIpc) is 2.27. The number of hydrogen-bond donors (Lipinski definition) is 0. The van der Waals surface area contributed by atoms with Crippen LogP contribution in [0.2, 0.25) is 0 Å². The molecule has 0 unspecified atom stereocenters. The summed E-state index contributed by atoms with van der Waals surface area (Å²) in [7, 11) is -5.75. The van der Waals surface area contributed by atoms with E-state index in [0.717, 1.165) is 24.3 Å².